The Labute approximate surface area is 129 Å². The standard InChI is InChI=1S/C15H24N2.2ClH/c1-11-9-12(2)15(13(3)10-11)14(4)17-7-5-16-6-8-17;;/h9-10,14,16H,5-8H2,1-4H3;2*1H/t14-;;/m1../s1. The molecule has 1 N–H and O–H groups in total. The van der Waals surface area contributed by atoms with Gasteiger partial charge in [0.2, 0.25) is 0 Å². The van der Waals surface area contributed by atoms with E-state index < -0.39 is 0 Å². The van der Waals surface area contributed by atoms with E-state index in [1.807, 2.05) is 0 Å². The van der Waals surface area contributed by atoms with Crippen molar-refractivity contribution in [1.29, 1.82) is 0 Å². The van der Waals surface area contributed by atoms with Gasteiger partial charge in [-0.15, -0.1) is 24.8 Å². The third kappa shape index (κ3) is 4.35. The molecule has 19 heavy (non-hydrogen) atoms. The van der Waals surface area contributed by atoms with E-state index in [1.165, 1.54) is 22.3 Å². The predicted molar refractivity (Wildman–Crippen MR) is 88.0 cm³/mol. The lowest BCUT2D eigenvalue weighted by atomic mass is 9.94. The number of hydrogen-bond donors (Lipinski definition) is 1. The van der Waals surface area contributed by atoms with Gasteiger partial charge in [0.1, 0.15) is 0 Å². The third-order valence-electron chi connectivity index (χ3n) is 3.86. The van der Waals surface area contributed by atoms with E-state index in [9.17, 15) is 0 Å². The molecule has 1 aliphatic heterocycles. The molecule has 0 saturated carbocycles. The van der Waals surface area contributed by atoms with Crippen LogP contribution in [-0.2, 0) is 0 Å². The second kappa shape index (κ2) is 8.11. The van der Waals surface area contributed by atoms with Gasteiger partial charge in [-0.1, -0.05) is 17.7 Å². The van der Waals surface area contributed by atoms with Gasteiger partial charge in [-0.25, -0.2) is 0 Å². The van der Waals surface area contributed by atoms with Crippen LogP contribution < -0.4 is 5.32 Å². The fourth-order valence-electron chi connectivity index (χ4n) is 3.10. The van der Waals surface area contributed by atoms with Crippen molar-refractivity contribution in [3.63, 3.8) is 0 Å². The smallest absolute Gasteiger partial charge is 0.0326 e. The molecule has 1 atom stereocenters. The van der Waals surface area contributed by atoms with Crippen LogP contribution >= 0.6 is 24.8 Å². The lowest BCUT2D eigenvalue weighted by Crippen LogP contribution is -2.44. The van der Waals surface area contributed by atoms with Gasteiger partial charge in [-0.2, -0.15) is 0 Å². The molecule has 1 fully saturated rings. The van der Waals surface area contributed by atoms with Crippen molar-refractivity contribution < 1.29 is 0 Å². The fourth-order valence-corrected chi connectivity index (χ4v) is 3.10. The molecule has 1 saturated heterocycles. The van der Waals surface area contributed by atoms with E-state index in [4.69, 9.17) is 0 Å². The first-order chi connectivity index (χ1) is 8.09. The zero-order valence-electron chi connectivity index (χ0n) is 12.3. The van der Waals surface area contributed by atoms with Crippen LogP contribution in [0.4, 0.5) is 0 Å². The molecule has 0 amide bonds. The normalized spacial score (nSPS) is 17.3. The SMILES string of the molecule is Cc1cc(C)c([C@@H](C)N2CCNCC2)c(C)c1.Cl.Cl. The summed E-state index contributed by atoms with van der Waals surface area (Å²) in [4.78, 5) is 2.58. The summed E-state index contributed by atoms with van der Waals surface area (Å²) in [6.45, 7) is 13.6. The molecule has 2 rings (SSSR count). The number of nitrogens with one attached hydrogen (secondary N) is 1. The van der Waals surface area contributed by atoms with Crippen LogP contribution in [0.3, 0.4) is 0 Å². The fraction of sp³-hybridized carbons (Fsp3) is 0.600. The van der Waals surface area contributed by atoms with Crippen molar-refractivity contribution in [2.75, 3.05) is 26.2 Å². The number of hydrogen-bond acceptors (Lipinski definition) is 2. The summed E-state index contributed by atoms with van der Waals surface area (Å²) in [7, 11) is 0. The lowest BCUT2D eigenvalue weighted by molar-refractivity contribution is 0.184. The van der Waals surface area contributed by atoms with Gasteiger partial charge in [-0.3, -0.25) is 4.90 Å². The monoisotopic (exact) mass is 304 g/mol. The zero-order valence-corrected chi connectivity index (χ0v) is 14.0. The van der Waals surface area contributed by atoms with Gasteiger partial charge in [0.25, 0.3) is 0 Å². The molecule has 1 aromatic rings. The molecule has 110 valence electrons. The second-order valence-electron chi connectivity index (χ2n) is 5.27. The van der Waals surface area contributed by atoms with Crippen molar-refractivity contribution in [2.45, 2.75) is 33.7 Å². The Morgan fingerprint density at radius 1 is 1.00 bits per heavy atom. The first-order valence-electron chi connectivity index (χ1n) is 6.62. The number of halogens is 2. The highest BCUT2D eigenvalue weighted by Crippen LogP contribution is 2.27. The maximum Gasteiger partial charge on any atom is 0.0326 e. The predicted octanol–water partition coefficient (Wildman–Crippen LogP) is 3.42. The molecule has 1 aromatic carbocycles. The largest absolute Gasteiger partial charge is 0.314 e. The Kier molecular flexibility index (Phi) is 7.99. The quantitative estimate of drug-likeness (QED) is 0.900. The maximum atomic E-state index is 3.42. The summed E-state index contributed by atoms with van der Waals surface area (Å²) >= 11 is 0. The Bertz CT molecular complexity index is 378. The summed E-state index contributed by atoms with van der Waals surface area (Å²) in [6, 6.07) is 5.15. The molecule has 1 aliphatic rings. The Hall–Kier alpha value is -0.280. The summed E-state index contributed by atoms with van der Waals surface area (Å²) < 4.78 is 0. The average Bonchev–Trinajstić information content (AvgIpc) is 2.28. The van der Waals surface area contributed by atoms with E-state index in [0.29, 0.717) is 6.04 Å². The molecule has 2 nitrogen and oxygen atoms in total. The molecule has 0 aliphatic carbocycles. The first-order valence-corrected chi connectivity index (χ1v) is 6.62. The molecule has 0 bridgehead atoms. The number of aryl methyl sites for hydroxylation is 3. The van der Waals surface area contributed by atoms with Crippen LogP contribution in [-0.4, -0.2) is 31.1 Å². The van der Waals surface area contributed by atoms with E-state index in [2.05, 4.69) is 50.0 Å². The van der Waals surface area contributed by atoms with Crippen molar-refractivity contribution in [1.82, 2.24) is 10.2 Å². The van der Waals surface area contributed by atoms with Gasteiger partial charge in [0.15, 0.2) is 0 Å². The van der Waals surface area contributed by atoms with E-state index in [0.717, 1.165) is 26.2 Å². The highest BCUT2D eigenvalue weighted by atomic mass is 35.5. The van der Waals surface area contributed by atoms with Crippen LogP contribution in [0.15, 0.2) is 12.1 Å². The van der Waals surface area contributed by atoms with Crippen LogP contribution in [0.5, 0.6) is 0 Å². The minimum absolute atomic E-state index is 0. The van der Waals surface area contributed by atoms with Crippen LogP contribution in [0.1, 0.15) is 35.2 Å². The van der Waals surface area contributed by atoms with E-state index in [1.54, 1.807) is 0 Å². The highest BCUT2D eigenvalue weighted by molar-refractivity contribution is 5.85. The molecule has 0 aromatic heterocycles. The van der Waals surface area contributed by atoms with Crippen molar-refractivity contribution in [3.8, 4) is 0 Å². The molecule has 1 heterocycles. The third-order valence-corrected chi connectivity index (χ3v) is 3.86. The molecule has 0 unspecified atom stereocenters. The number of benzene rings is 1. The minimum atomic E-state index is 0. The molecule has 0 radical (unpaired) electrons. The number of nitrogens with zero attached hydrogens (tertiary/aromatic N) is 1. The van der Waals surface area contributed by atoms with Gasteiger partial charge >= 0.3 is 0 Å². The second-order valence-corrected chi connectivity index (χ2v) is 5.27. The molecule has 0 spiro atoms. The van der Waals surface area contributed by atoms with Crippen molar-refractivity contribution >= 4 is 24.8 Å². The molecule has 4 heteroatoms. The van der Waals surface area contributed by atoms with Gasteiger partial charge < -0.3 is 5.32 Å². The van der Waals surface area contributed by atoms with Crippen molar-refractivity contribution in [3.05, 3.63) is 34.4 Å². The summed E-state index contributed by atoms with van der Waals surface area (Å²) in [6.07, 6.45) is 0. The average molecular weight is 305 g/mol. The molecular weight excluding hydrogens is 279 g/mol. The topological polar surface area (TPSA) is 15.3 Å². The van der Waals surface area contributed by atoms with Crippen molar-refractivity contribution in [2.24, 2.45) is 0 Å². The summed E-state index contributed by atoms with van der Waals surface area (Å²) in [5.74, 6) is 0. The van der Waals surface area contributed by atoms with Crippen LogP contribution in [0, 0.1) is 20.8 Å². The summed E-state index contributed by atoms with van der Waals surface area (Å²) in [5.41, 5.74) is 5.77. The highest BCUT2D eigenvalue weighted by Gasteiger charge is 2.20. The van der Waals surface area contributed by atoms with Gasteiger partial charge in [0.05, 0.1) is 0 Å². The van der Waals surface area contributed by atoms with Gasteiger partial charge in [0, 0.05) is 32.2 Å². The minimum Gasteiger partial charge on any atom is -0.314 e. The Balaban J connectivity index is 0.00000162. The number of rotatable bonds is 2. The van der Waals surface area contributed by atoms with E-state index in [-0.39, 0.29) is 24.8 Å². The van der Waals surface area contributed by atoms with E-state index >= 15 is 0 Å². The zero-order chi connectivity index (χ0) is 12.4. The first kappa shape index (κ1) is 18.7. The molecular formula is C15H26Cl2N2. The Morgan fingerprint density at radius 3 is 1.95 bits per heavy atom. The van der Waals surface area contributed by atoms with Gasteiger partial charge in [-0.05, 0) is 44.4 Å². The van der Waals surface area contributed by atoms with Crippen LogP contribution in [0.25, 0.3) is 0 Å². The van der Waals surface area contributed by atoms with Crippen LogP contribution in [0.2, 0.25) is 0 Å². The maximum absolute atomic E-state index is 3.42. The lowest BCUT2D eigenvalue weighted by Gasteiger charge is -2.34. The summed E-state index contributed by atoms with van der Waals surface area (Å²) in [5, 5.41) is 3.42. The number of piperazine rings is 1. The Morgan fingerprint density at radius 2 is 1.47 bits per heavy atom.